The average molecular weight is 626 g/mol. The molecule has 0 aliphatic heterocycles. The second-order valence-corrected chi connectivity index (χ2v) is 13.4. The average Bonchev–Trinajstić information content (AvgIpc) is 3.79. The molecule has 0 spiro atoms. The maximum Gasteiger partial charge on any atom is 0.254 e. The van der Waals surface area contributed by atoms with Crippen LogP contribution in [0.15, 0.2) is 72.4 Å². The minimum atomic E-state index is -0.875. The topological polar surface area (TPSA) is 98.7 Å². The third-order valence-electron chi connectivity index (χ3n) is 8.20. The van der Waals surface area contributed by atoms with Crippen molar-refractivity contribution < 1.29 is 14.7 Å². The van der Waals surface area contributed by atoms with Gasteiger partial charge >= 0.3 is 0 Å². The van der Waals surface area contributed by atoms with E-state index in [0.717, 1.165) is 45.9 Å². The van der Waals surface area contributed by atoms with E-state index >= 15 is 0 Å². The number of aliphatic hydroxyl groups excluding tert-OH is 1. The largest absolute Gasteiger partial charge is 0.389 e. The van der Waals surface area contributed by atoms with Crippen molar-refractivity contribution in [1.29, 1.82) is 0 Å². The number of rotatable bonds is 13. The zero-order valence-electron chi connectivity index (χ0n) is 26.7. The molecule has 2 aromatic heterocycles. The summed E-state index contributed by atoms with van der Waals surface area (Å²) in [5.41, 5.74) is 5.68. The number of carbonyl (C=O) groups excluding carboxylic acids is 2. The summed E-state index contributed by atoms with van der Waals surface area (Å²) in [6.07, 6.45) is 5.17. The highest BCUT2D eigenvalue weighted by molar-refractivity contribution is 7.09. The van der Waals surface area contributed by atoms with Crippen LogP contribution in [-0.2, 0) is 13.0 Å². The number of amides is 2. The van der Waals surface area contributed by atoms with Gasteiger partial charge in [-0.05, 0) is 80.0 Å². The molecule has 4 aromatic rings. The summed E-state index contributed by atoms with van der Waals surface area (Å²) in [6.45, 7) is 8.85. The van der Waals surface area contributed by atoms with Crippen LogP contribution in [0.25, 0.3) is 0 Å². The summed E-state index contributed by atoms with van der Waals surface area (Å²) in [7, 11) is 1.92. The predicted octanol–water partition coefficient (Wildman–Crippen LogP) is 5.92. The fraction of sp³-hybridized carbons (Fsp3) is 0.389. The summed E-state index contributed by atoms with van der Waals surface area (Å²) in [4.78, 5) is 40.4. The molecule has 45 heavy (non-hydrogen) atoms. The number of aliphatic hydroxyl groups is 1. The maximum atomic E-state index is 13.8. The van der Waals surface area contributed by atoms with Gasteiger partial charge in [0.05, 0.1) is 30.6 Å². The van der Waals surface area contributed by atoms with Gasteiger partial charge < -0.3 is 20.2 Å². The van der Waals surface area contributed by atoms with Gasteiger partial charge in [0, 0.05) is 48.0 Å². The van der Waals surface area contributed by atoms with E-state index in [2.05, 4.69) is 35.2 Å². The van der Waals surface area contributed by atoms with Crippen molar-refractivity contribution in [3.05, 3.63) is 111 Å². The Morgan fingerprint density at radius 3 is 2.44 bits per heavy atom. The van der Waals surface area contributed by atoms with E-state index in [1.807, 2.05) is 78.7 Å². The number of aryl methyl sites for hydroxylation is 2. The Bertz CT molecular complexity index is 1620. The Hall–Kier alpha value is -4.08. The molecule has 8 nitrogen and oxygen atoms in total. The lowest BCUT2D eigenvalue weighted by Crippen LogP contribution is -2.49. The minimum absolute atomic E-state index is 0.0946. The molecule has 1 aliphatic carbocycles. The molecule has 2 heterocycles. The molecule has 0 bridgehead atoms. The van der Waals surface area contributed by atoms with Gasteiger partial charge in [-0.25, -0.2) is 4.98 Å². The number of benzene rings is 2. The van der Waals surface area contributed by atoms with Crippen molar-refractivity contribution in [2.75, 3.05) is 18.5 Å². The normalized spacial score (nSPS) is 14.2. The number of aromatic nitrogens is 2. The van der Waals surface area contributed by atoms with Gasteiger partial charge in [-0.3, -0.25) is 14.6 Å². The van der Waals surface area contributed by atoms with Gasteiger partial charge in [-0.1, -0.05) is 44.2 Å². The lowest BCUT2D eigenvalue weighted by molar-refractivity contribution is 0.0729. The highest BCUT2D eigenvalue weighted by atomic mass is 32.1. The zero-order valence-corrected chi connectivity index (χ0v) is 27.6. The van der Waals surface area contributed by atoms with E-state index < -0.39 is 12.1 Å². The number of nitrogens with zero attached hydrogens (tertiary/aromatic N) is 4. The Labute approximate surface area is 270 Å². The molecule has 2 atom stereocenters. The van der Waals surface area contributed by atoms with Crippen molar-refractivity contribution in [2.24, 2.45) is 0 Å². The Morgan fingerprint density at radius 1 is 1.04 bits per heavy atom. The van der Waals surface area contributed by atoms with Crippen LogP contribution in [0.3, 0.4) is 0 Å². The molecular formula is C36H43N5O3S. The fourth-order valence-electron chi connectivity index (χ4n) is 5.46. The monoisotopic (exact) mass is 625 g/mol. The number of nitrogens with one attached hydrogen (secondary N) is 1. The molecule has 2 aromatic carbocycles. The molecule has 1 saturated carbocycles. The van der Waals surface area contributed by atoms with Gasteiger partial charge in [-0.2, -0.15) is 0 Å². The van der Waals surface area contributed by atoms with Crippen molar-refractivity contribution in [2.45, 2.75) is 77.6 Å². The molecule has 0 radical (unpaired) electrons. The molecule has 2 N–H and O–H groups in total. The van der Waals surface area contributed by atoms with Crippen LogP contribution >= 0.6 is 11.3 Å². The van der Waals surface area contributed by atoms with E-state index in [1.165, 1.54) is 0 Å². The van der Waals surface area contributed by atoms with Crippen molar-refractivity contribution in [3.8, 4) is 0 Å². The van der Waals surface area contributed by atoms with Gasteiger partial charge in [-0.15, -0.1) is 11.3 Å². The minimum Gasteiger partial charge on any atom is -0.389 e. The van der Waals surface area contributed by atoms with Gasteiger partial charge in [0.1, 0.15) is 5.01 Å². The highest BCUT2D eigenvalue weighted by Crippen LogP contribution is 2.31. The van der Waals surface area contributed by atoms with Crippen molar-refractivity contribution in [1.82, 2.24) is 20.2 Å². The molecule has 1 fully saturated rings. The third kappa shape index (κ3) is 8.55. The maximum absolute atomic E-state index is 13.8. The quantitative estimate of drug-likeness (QED) is 0.191. The fourth-order valence-corrected chi connectivity index (χ4v) is 6.23. The first-order valence-electron chi connectivity index (χ1n) is 15.6. The van der Waals surface area contributed by atoms with Crippen LogP contribution in [0.2, 0.25) is 0 Å². The van der Waals surface area contributed by atoms with Crippen LogP contribution < -0.4 is 10.2 Å². The molecule has 9 heteroatoms. The van der Waals surface area contributed by atoms with Gasteiger partial charge in [0.2, 0.25) is 0 Å². The third-order valence-corrected chi connectivity index (χ3v) is 9.15. The molecular weight excluding hydrogens is 582 g/mol. The number of hydrogen-bond acceptors (Lipinski definition) is 7. The van der Waals surface area contributed by atoms with Gasteiger partial charge in [0.15, 0.2) is 0 Å². The lowest BCUT2D eigenvalue weighted by Gasteiger charge is -2.29. The molecule has 2 amide bonds. The lowest BCUT2D eigenvalue weighted by atomic mass is 9.99. The number of likely N-dealkylation sites (N-methyl/N-ethyl adjacent to an activating group) is 1. The van der Waals surface area contributed by atoms with Crippen LogP contribution in [0.5, 0.6) is 0 Å². The number of thiazole rings is 1. The van der Waals surface area contributed by atoms with Crippen LogP contribution in [0.1, 0.15) is 80.7 Å². The Morgan fingerprint density at radius 2 is 1.78 bits per heavy atom. The summed E-state index contributed by atoms with van der Waals surface area (Å²) < 4.78 is 0. The zero-order chi connectivity index (χ0) is 32.1. The van der Waals surface area contributed by atoms with Crippen molar-refractivity contribution in [3.63, 3.8) is 0 Å². The smallest absolute Gasteiger partial charge is 0.254 e. The molecule has 0 unspecified atom stereocenters. The predicted molar refractivity (Wildman–Crippen MR) is 180 cm³/mol. The second kappa shape index (κ2) is 14.3. The van der Waals surface area contributed by atoms with E-state index in [9.17, 15) is 14.7 Å². The second-order valence-electron chi connectivity index (χ2n) is 12.5. The highest BCUT2D eigenvalue weighted by Gasteiger charge is 2.34. The van der Waals surface area contributed by atoms with Crippen molar-refractivity contribution >= 4 is 28.8 Å². The number of pyridine rings is 1. The molecule has 236 valence electrons. The SMILES string of the molecule is Cc1cc(C(=O)N[C@@H](Cc2ccccc2)[C@H](O)CN(C)c2cncc(C(C)C)c2)cc(C(=O)N(Cc2nc(C)cs2)C2CC2)c1. The van der Waals surface area contributed by atoms with E-state index in [4.69, 9.17) is 0 Å². The summed E-state index contributed by atoms with van der Waals surface area (Å²) in [5, 5.41) is 17.5. The number of anilines is 1. The molecule has 5 rings (SSSR count). The van der Waals surface area contributed by atoms with Crippen LogP contribution in [0.4, 0.5) is 5.69 Å². The first kappa shape index (κ1) is 32.3. The Kier molecular flexibility index (Phi) is 10.3. The van der Waals surface area contributed by atoms with E-state index in [0.29, 0.717) is 36.6 Å². The standard InChI is InChI=1S/C36H43N5O3S/c1-23(2)29-17-31(19-37-18-29)40(5)20-33(42)32(15-26-9-7-6-8-10-26)39-35(43)27-13-24(3)14-28(16-27)36(44)41(30-11-12-30)21-34-38-25(4)22-45-34/h6-10,13-14,16-19,22-23,30,32-33,42H,11-12,15,20-21H2,1-5H3,(H,39,43)/t32-,33+/m0/s1. The first-order chi connectivity index (χ1) is 21.6. The number of hydrogen-bond donors (Lipinski definition) is 2. The summed E-state index contributed by atoms with van der Waals surface area (Å²) in [5.74, 6) is -0.0879. The van der Waals surface area contributed by atoms with Gasteiger partial charge in [0.25, 0.3) is 11.8 Å². The first-order valence-corrected chi connectivity index (χ1v) is 16.5. The summed E-state index contributed by atoms with van der Waals surface area (Å²) in [6, 6.07) is 16.8. The van der Waals surface area contributed by atoms with Crippen LogP contribution in [-0.4, -0.2) is 63.6 Å². The summed E-state index contributed by atoms with van der Waals surface area (Å²) >= 11 is 1.56. The molecule has 0 saturated heterocycles. The molecule has 1 aliphatic rings. The Balaban J connectivity index is 1.35. The number of carbonyl (C=O) groups is 2. The van der Waals surface area contributed by atoms with E-state index in [1.54, 1.807) is 29.7 Å². The van der Waals surface area contributed by atoms with Crippen LogP contribution in [0, 0.1) is 13.8 Å². The van der Waals surface area contributed by atoms with E-state index in [-0.39, 0.29) is 17.9 Å².